The standard InChI is InChI=1S/C29H31F3N4O7/c1-41-28(40)36-22-13-11-21(12-14-22)35-27(39)34-20-9-7-19(8-10-20)15-23(17-37)33-16-25(43-26(38)29(30,31)32)18-42-24-5-3-2-4-6-24/h2-14,23,25,33,37H,15-18H2,1H3,(H,36,40)(H2,34,35,39)/t23-,25-/m0/s1. The van der Waals surface area contributed by atoms with Gasteiger partial charge in [0.1, 0.15) is 18.5 Å². The van der Waals surface area contributed by atoms with E-state index < -0.39 is 36.4 Å². The van der Waals surface area contributed by atoms with Gasteiger partial charge in [0.2, 0.25) is 0 Å². The third-order valence-electron chi connectivity index (χ3n) is 5.81. The Morgan fingerprint density at radius 1 is 0.837 bits per heavy atom. The Bertz CT molecular complexity index is 1320. The highest BCUT2D eigenvalue weighted by molar-refractivity contribution is 6.00. The Morgan fingerprint density at radius 2 is 1.40 bits per heavy atom. The summed E-state index contributed by atoms with van der Waals surface area (Å²) in [4.78, 5) is 35.0. The first-order valence-corrected chi connectivity index (χ1v) is 13.0. The Kier molecular flexibility index (Phi) is 12.2. The molecule has 0 aliphatic carbocycles. The molecule has 3 aromatic carbocycles. The van der Waals surface area contributed by atoms with Crippen LogP contribution in [0.25, 0.3) is 0 Å². The second-order valence-electron chi connectivity index (χ2n) is 9.11. The first-order valence-electron chi connectivity index (χ1n) is 13.0. The third kappa shape index (κ3) is 11.5. The number of carbonyl (C=O) groups is 3. The molecule has 3 amide bonds. The molecule has 3 aromatic rings. The predicted octanol–water partition coefficient (Wildman–Crippen LogP) is 4.56. The number of nitrogens with one attached hydrogen (secondary N) is 4. The van der Waals surface area contributed by atoms with Crippen LogP contribution < -0.4 is 26.0 Å². The average Bonchev–Trinajstić information content (AvgIpc) is 2.99. The Balaban J connectivity index is 1.51. The average molecular weight is 605 g/mol. The van der Waals surface area contributed by atoms with Gasteiger partial charge in [0.05, 0.1) is 13.7 Å². The summed E-state index contributed by atoms with van der Waals surface area (Å²) >= 11 is 0. The van der Waals surface area contributed by atoms with Crippen LogP contribution in [-0.2, 0) is 20.7 Å². The summed E-state index contributed by atoms with van der Waals surface area (Å²) < 4.78 is 52.9. The number of aliphatic hydroxyl groups is 1. The van der Waals surface area contributed by atoms with Crippen molar-refractivity contribution in [3.63, 3.8) is 0 Å². The zero-order valence-electron chi connectivity index (χ0n) is 23.0. The number of hydrogen-bond donors (Lipinski definition) is 5. The van der Waals surface area contributed by atoms with Gasteiger partial charge < -0.3 is 35.3 Å². The molecule has 0 aromatic heterocycles. The van der Waals surface area contributed by atoms with E-state index in [1.54, 1.807) is 78.9 Å². The van der Waals surface area contributed by atoms with E-state index in [1.165, 1.54) is 7.11 Å². The van der Waals surface area contributed by atoms with Gasteiger partial charge in [0.15, 0.2) is 0 Å². The van der Waals surface area contributed by atoms with Gasteiger partial charge in [-0.2, -0.15) is 13.2 Å². The summed E-state index contributed by atoms with van der Waals surface area (Å²) in [6.45, 7) is -0.900. The van der Waals surface area contributed by atoms with Crippen molar-refractivity contribution in [2.75, 3.05) is 42.8 Å². The van der Waals surface area contributed by atoms with Gasteiger partial charge in [-0.05, 0) is 60.5 Å². The van der Waals surface area contributed by atoms with Gasteiger partial charge in [0.25, 0.3) is 0 Å². The lowest BCUT2D eigenvalue weighted by Crippen LogP contribution is -2.44. The van der Waals surface area contributed by atoms with Gasteiger partial charge in [-0.15, -0.1) is 0 Å². The molecule has 230 valence electrons. The molecule has 0 aliphatic rings. The van der Waals surface area contributed by atoms with E-state index in [1.807, 2.05) is 0 Å². The molecule has 0 spiro atoms. The fraction of sp³-hybridized carbons (Fsp3) is 0.276. The fourth-order valence-corrected chi connectivity index (χ4v) is 3.67. The largest absolute Gasteiger partial charge is 0.490 e. The molecular weight excluding hydrogens is 573 g/mol. The quantitative estimate of drug-likeness (QED) is 0.179. The fourth-order valence-electron chi connectivity index (χ4n) is 3.67. The number of anilines is 3. The maximum atomic E-state index is 12.8. The lowest BCUT2D eigenvalue weighted by atomic mass is 10.1. The molecule has 11 nitrogen and oxygen atoms in total. The number of methoxy groups -OCH3 is 1. The van der Waals surface area contributed by atoms with Gasteiger partial charge in [-0.25, -0.2) is 14.4 Å². The minimum atomic E-state index is -5.16. The van der Waals surface area contributed by atoms with E-state index >= 15 is 0 Å². The number of hydrogen-bond acceptors (Lipinski definition) is 8. The molecular formula is C29H31F3N4O7. The smallest absolute Gasteiger partial charge is 0.490 e. The highest BCUT2D eigenvalue weighted by Gasteiger charge is 2.42. The predicted molar refractivity (Wildman–Crippen MR) is 152 cm³/mol. The number of urea groups is 1. The maximum absolute atomic E-state index is 12.8. The second-order valence-corrected chi connectivity index (χ2v) is 9.11. The number of aliphatic hydroxyl groups excluding tert-OH is 1. The van der Waals surface area contributed by atoms with Crippen LogP contribution >= 0.6 is 0 Å². The molecule has 0 aliphatic heterocycles. The lowest BCUT2D eigenvalue weighted by molar-refractivity contribution is -0.205. The van der Waals surface area contributed by atoms with Crippen molar-refractivity contribution in [3.05, 3.63) is 84.4 Å². The number of benzene rings is 3. The van der Waals surface area contributed by atoms with Crippen LogP contribution in [0.5, 0.6) is 5.75 Å². The number of ether oxygens (including phenoxy) is 3. The van der Waals surface area contributed by atoms with Crippen molar-refractivity contribution in [1.29, 1.82) is 0 Å². The summed E-state index contributed by atoms with van der Waals surface area (Å²) in [6, 6.07) is 20.3. The summed E-state index contributed by atoms with van der Waals surface area (Å²) in [5.74, 6) is -1.95. The van der Waals surface area contributed by atoms with E-state index in [0.29, 0.717) is 22.8 Å². The Labute approximate surface area is 245 Å². The number of rotatable bonds is 13. The molecule has 0 bridgehead atoms. The zero-order chi connectivity index (χ0) is 31.2. The molecule has 43 heavy (non-hydrogen) atoms. The molecule has 2 atom stereocenters. The number of carbonyl (C=O) groups excluding carboxylic acids is 3. The number of amides is 3. The molecule has 0 heterocycles. The molecule has 5 N–H and O–H groups in total. The zero-order valence-corrected chi connectivity index (χ0v) is 23.0. The molecule has 0 unspecified atom stereocenters. The van der Waals surface area contributed by atoms with Crippen LogP contribution in [-0.4, -0.2) is 68.4 Å². The van der Waals surface area contributed by atoms with Crippen LogP contribution in [0.2, 0.25) is 0 Å². The van der Waals surface area contributed by atoms with Gasteiger partial charge in [-0.1, -0.05) is 30.3 Å². The SMILES string of the molecule is COC(=O)Nc1ccc(NC(=O)Nc2ccc(C[C@@H](CO)NC[C@@H](COc3ccccc3)OC(=O)C(F)(F)F)cc2)cc1. The first-order chi connectivity index (χ1) is 20.5. The highest BCUT2D eigenvalue weighted by atomic mass is 19.4. The Morgan fingerprint density at radius 3 is 1.93 bits per heavy atom. The van der Waals surface area contributed by atoms with Gasteiger partial charge >= 0.3 is 24.3 Å². The van der Waals surface area contributed by atoms with Crippen LogP contribution in [0, 0.1) is 0 Å². The van der Waals surface area contributed by atoms with Gasteiger partial charge in [-0.3, -0.25) is 5.32 Å². The molecule has 0 fully saturated rings. The van der Waals surface area contributed by atoms with Crippen molar-refractivity contribution in [1.82, 2.24) is 5.32 Å². The van der Waals surface area contributed by atoms with Crippen molar-refractivity contribution in [2.45, 2.75) is 24.7 Å². The minimum absolute atomic E-state index is 0.209. The summed E-state index contributed by atoms with van der Waals surface area (Å²) in [5, 5.41) is 20.6. The third-order valence-corrected chi connectivity index (χ3v) is 5.81. The van der Waals surface area contributed by atoms with E-state index in [0.717, 1.165) is 5.56 Å². The minimum Gasteiger partial charge on any atom is -0.490 e. The monoisotopic (exact) mass is 604 g/mol. The maximum Gasteiger partial charge on any atom is 0.490 e. The Hall–Kier alpha value is -4.82. The van der Waals surface area contributed by atoms with E-state index in [4.69, 9.17) is 4.74 Å². The molecule has 0 saturated heterocycles. The van der Waals surface area contributed by atoms with Crippen LogP contribution in [0.4, 0.5) is 39.8 Å². The molecule has 0 saturated carbocycles. The van der Waals surface area contributed by atoms with Crippen molar-refractivity contribution >= 4 is 35.2 Å². The highest BCUT2D eigenvalue weighted by Crippen LogP contribution is 2.19. The summed E-state index contributed by atoms with van der Waals surface area (Å²) in [5.41, 5.74) is 2.21. The summed E-state index contributed by atoms with van der Waals surface area (Å²) in [6.07, 6.45) is -6.78. The van der Waals surface area contributed by atoms with Crippen molar-refractivity contribution in [2.24, 2.45) is 0 Å². The normalized spacial score (nSPS) is 12.4. The van der Waals surface area contributed by atoms with E-state index in [2.05, 4.69) is 30.7 Å². The topological polar surface area (TPSA) is 147 Å². The number of esters is 1. The van der Waals surface area contributed by atoms with E-state index in [-0.39, 0.29) is 26.2 Å². The lowest BCUT2D eigenvalue weighted by Gasteiger charge is -2.23. The molecule has 14 heteroatoms. The van der Waals surface area contributed by atoms with Crippen LogP contribution in [0.1, 0.15) is 5.56 Å². The number of para-hydroxylation sites is 1. The van der Waals surface area contributed by atoms with Crippen molar-refractivity contribution in [3.8, 4) is 5.75 Å². The van der Waals surface area contributed by atoms with Crippen LogP contribution in [0.3, 0.4) is 0 Å². The van der Waals surface area contributed by atoms with E-state index in [9.17, 15) is 32.7 Å². The van der Waals surface area contributed by atoms with Gasteiger partial charge in [0, 0.05) is 29.6 Å². The van der Waals surface area contributed by atoms with Crippen molar-refractivity contribution < 1.29 is 46.9 Å². The number of alkyl halides is 3. The molecule has 3 rings (SSSR count). The number of halogens is 3. The van der Waals surface area contributed by atoms with Crippen LogP contribution in [0.15, 0.2) is 78.9 Å². The first kappa shape index (κ1) is 32.7. The molecule has 0 radical (unpaired) electrons. The summed E-state index contributed by atoms with van der Waals surface area (Å²) in [7, 11) is 1.25. The second kappa shape index (κ2) is 16.0.